The van der Waals surface area contributed by atoms with Crippen molar-refractivity contribution in [1.29, 1.82) is 0 Å². The summed E-state index contributed by atoms with van der Waals surface area (Å²) in [6.07, 6.45) is 2.12. The van der Waals surface area contributed by atoms with Gasteiger partial charge in [0.1, 0.15) is 5.75 Å². The maximum absolute atomic E-state index is 13.0. The maximum atomic E-state index is 13.0. The molecule has 6 heteroatoms. The molecule has 0 spiro atoms. The Morgan fingerprint density at radius 1 is 1.17 bits per heavy atom. The number of hydrogen-bond donors (Lipinski definition) is 0. The molecule has 0 saturated carbocycles. The van der Waals surface area contributed by atoms with Crippen molar-refractivity contribution in [3.8, 4) is 5.75 Å². The molecule has 5 nitrogen and oxygen atoms in total. The van der Waals surface area contributed by atoms with Crippen LogP contribution < -0.4 is 9.64 Å². The lowest BCUT2D eigenvalue weighted by molar-refractivity contribution is -0.135. The van der Waals surface area contributed by atoms with Gasteiger partial charge in [0.05, 0.1) is 6.10 Å². The van der Waals surface area contributed by atoms with Crippen molar-refractivity contribution in [2.75, 3.05) is 38.8 Å². The van der Waals surface area contributed by atoms with Crippen LogP contribution in [-0.2, 0) is 16.1 Å². The minimum atomic E-state index is -0.0487. The minimum Gasteiger partial charge on any atom is -0.484 e. The van der Waals surface area contributed by atoms with Crippen LogP contribution in [0.2, 0.25) is 5.02 Å². The third-order valence-corrected chi connectivity index (χ3v) is 6.00. The maximum Gasteiger partial charge on any atom is 0.260 e. The summed E-state index contributed by atoms with van der Waals surface area (Å²) in [6.45, 7) is 5.74. The van der Waals surface area contributed by atoms with Gasteiger partial charge >= 0.3 is 0 Å². The predicted molar refractivity (Wildman–Crippen MR) is 122 cm³/mol. The number of rotatable bonds is 8. The molecule has 1 aliphatic heterocycles. The first-order chi connectivity index (χ1) is 14.3. The first-order valence-electron chi connectivity index (χ1n) is 10.4. The van der Waals surface area contributed by atoms with E-state index < -0.39 is 0 Å². The molecule has 0 aliphatic carbocycles. The van der Waals surface area contributed by atoms with Crippen LogP contribution in [0.3, 0.4) is 0 Å². The van der Waals surface area contributed by atoms with E-state index in [9.17, 15) is 4.79 Å². The number of anilines is 1. The highest BCUT2D eigenvalue weighted by atomic mass is 35.5. The molecule has 1 atom stereocenters. The van der Waals surface area contributed by atoms with Gasteiger partial charge in [-0.3, -0.25) is 4.79 Å². The zero-order valence-electron chi connectivity index (χ0n) is 18.3. The summed E-state index contributed by atoms with van der Waals surface area (Å²) in [5.41, 5.74) is 4.10. The van der Waals surface area contributed by atoms with Gasteiger partial charge in [-0.1, -0.05) is 23.7 Å². The normalized spacial score (nSPS) is 15.8. The Balaban J connectivity index is 1.68. The zero-order chi connectivity index (χ0) is 21.7. The second kappa shape index (κ2) is 10.2. The van der Waals surface area contributed by atoms with Gasteiger partial charge in [0.15, 0.2) is 6.61 Å². The Hall–Kier alpha value is -2.24. The van der Waals surface area contributed by atoms with Gasteiger partial charge in [0.25, 0.3) is 5.91 Å². The molecule has 1 unspecified atom stereocenters. The van der Waals surface area contributed by atoms with Crippen molar-refractivity contribution >= 4 is 23.2 Å². The van der Waals surface area contributed by atoms with Crippen LogP contribution in [0.15, 0.2) is 36.4 Å². The number of nitrogens with zero attached hydrogens (tertiary/aromatic N) is 2. The molecule has 1 heterocycles. The Kier molecular flexibility index (Phi) is 7.62. The second-order valence-electron chi connectivity index (χ2n) is 8.13. The number of carbonyl (C=O) groups is 1. The molecule has 1 amide bonds. The van der Waals surface area contributed by atoms with Crippen LogP contribution in [0.4, 0.5) is 5.69 Å². The Labute approximate surface area is 184 Å². The fraction of sp³-hybridized carbons (Fsp3) is 0.458. The Morgan fingerprint density at radius 2 is 1.83 bits per heavy atom. The molecule has 1 aliphatic rings. The smallest absolute Gasteiger partial charge is 0.260 e. The second-order valence-corrected chi connectivity index (χ2v) is 8.51. The molecule has 0 bridgehead atoms. The van der Waals surface area contributed by atoms with E-state index in [0.717, 1.165) is 46.8 Å². The van der Waals surface area contributed by atoms with Gasteiger partial charge in [-0.05, 0) is 67.6 Å². The summed E-state index contributed by atoms with van der Waals surface area (Å²) in [5.74, 6) is 0.614. The Morgan fingerprint density at radius 3 is 2.40 bits per heavy atom. The van der Waals surface area contributed by atoms with Crippen molar-refractivity contribution < 1.29 is 14.3 Å². The quantitative estimate of drug-likeness (QED) is 0.613. The molecular formula is C24H31ClN2O3. The van der Waals surface area contributed by atoms with Crippen molar-refractivity contribution in [3.63, 3.8) is 0 Å². The summed E-state index contributed by atoms with van der Waals surface area (Å²) in [5, 5.41) is 0.731. The number of ether oxygens (including phenoxy) is 2. The van der Waals surface area contributed by atoms with Gasteiger partial charge in [0, 0.05) is 44.5 Å². The highest BCUT2D eigenvalue weighted by molar-refractivity contribution is 6.32. The van der Waals surface area contributed by atoms with E-state index in [1.54, 1.807) is 0 Å². The number of carbonyl (C=O) groups excluding carboxylic acids is 1. The molecule has 1 saturated heterocycles. The first kappa shape index (κ1) is 22.4. The number of benzene rings is 2. The number of aryl methyl sites for hydroxylation is 2. The van der Waals surface area contributed by atoms with Crippen LogP contribution in [0.1, 0.15) is 29.5 Å². The molecule has 162 valence electrons. The topological polar surface area (TPSA) is 42.0 Å². The number of amides is 1. The van der Waals surface area contributed by atoms with Crippen molar-refractivity contribution in [2.24, 2.45) is 0 Å². The van der Waals surface area contributed by atoms with Crippen LogP contribution >= 0.6 is 11.6 Å². The van der Waals surface area contributed by atoms with Crippen molar-refractivity contribution in [3.05, 3.63) is 58.1 Å². The lowest BCUT2D eigenvalue weighted by Crippen LogP contribution is -2.39. The molecule has 0 radical (unpaired) electrons. The molecule has 3 rings (SSSR count). The van der Waals surface area contributed by atoms with E-state index >= 15 is 0 Å². The van der Waals surface area contributed by atoms with E-state index in [4.69, 9.17) is 21.1 Å². The van der Waals surface area contributed by atoms with Crippen LogP contribution in [0, 0.1) is 13.8 Å². The van der Waals surface area contributed by atoms with Gasteiger partial charge in [-0.2, -0.15) is 0 Å². The fourth-order valence-electron chi connectivity index (χ4n) is 3.63. The van der Waals surface area contributed by atoms with E-state index in [1.165, 1.54) is 0 Å². The lowest BCUT2D eigenvalue weighted by Gasteiger charge is -2.26. The SMILES string of the molecule is Cc1cc(OCC(=O)N(Cc2ccc(N(C)C)cc2)CC2CCCO2)cc(C)c1Cl. The monoisotopic (exact) mass is 430 g/mol. The molecule has 2 aromatic carbocycles. The Bertz CT molecular complexity index is 838. The molecule has 1 fully saturated rings. The predicted octanol–water partition coefficient (Wildman–Crippen LogP) is 4.61. The van der Waals surface area contributed by atoms with E-state index in [-0.39, 0.29) is 18.6 Å². The summed E-state index contributed by atoms with van der Waals surface area (Å²) in [6, 6.07) is 12.0. The minimum absolute atomic E-state index is 0.0109. The van der Waals surface area contributed by atoms with Gasteiger partial charge in [-0.25, -0.2) is 0 Å². The molecular weight excluding hydrogens is 400 g/mol. The highest BCUT2D eigenvalue weighted by Gasteiger charge is 2.23. The van der Waals surface area contributed by atoms with Gasteiger partial charge in [-0.15, -0.1) is 0 Å². The van der Waals surface area contributed by atoms with Gasteiger partial charge in [0.2, 0.25) is 0 Å². The number of halogens is 1. The van der Waals surface area contributed by atoms with Crippen molar-refractivity contribution in [1.82, 2.24) is 4.90 Å². The zero-order valence-corrected chi connectivity index (χ0v) is 19.0. The lowest BCUT2D eigenvalue weighted by atomic mass is 10.1. The summed E-state index contributed by atoms with van der Waals surface area (Å²) >= 11 is 6.23. The van der Waals surface area contributed by atoms with Crippen molar-refractivity contribution in [2.45, 2.75) is 39.3 Å². The first-order valence-corrected chi connectivity index (χ1v) is 10.8. The largest absolute Gasteiger partial charge is 0.484 e. The molecule has 2 aromatic rings. The molecule has 0 aromatic heterocycles. The summed E-state index contributed by atoms with van der Waals surface area (Å²) in [7, 11) is 4.03. The third-order valence-electron chi connectivity index (χ3n) is 5.40. The highest BCUT2D eigenvalue weighted by Crippen LogP contribution is 2.26. The third kappa shape index (κ3) is 5.89. The summed E-state index contributed by atoms with van der Waals surface area (Å²) < 4.78 is 11.6. The molecule has 30 heavy (non-hydrogen) atoms. The fourth-order valence-corrected chi connectivity index (χ4v) is 3.74. The number of hydrogen-bond acceptors (Lipinski definition) is 4. The van der Waals surface area contributed by atoms with E-state index in [2.05, 4.69) is 29.2 Å². The van der Waals surface area contributed by atoms with Gasteiger partial charge < -0.3 is 19.3 Å². The van der Waals surface area contributed by atoms with E-state index in [0.29, 0.717) is 18.8 Å². The average Bonchev–Trinajstić information content (AvgIpc) is 3.23. The van der Waals surface area contributed by atoms with E-state index in [1.807, 2.05) is 45.0 Å². The van der Waals surface area contributed by atoms with Crippen LogP contribution in [-0.4, -0.2) is 50.8 Å². The average molecular weight is 431 g/mol. The molecule has 0 N–H and O–H groups in total. The van der Waals surface area contributed by atoms with Crippen LogP contribution in [0.5, 0.6) is 5.75 Å². The summed E-state index contributed by atoms with van der Waals surface area (Å²) in [4.78, 5) is 16.9. The van der Waals surface area contributed by atoms with Crippen LogP contribution in [0.25, 0.3) is 0 Å². The standard InChI is InChI=1S/C24H31ClN2O3/c1-17-12-22(13-18(2)24(17)25)30-16-23(28)27(15-21-6-5-11-29-21)14-19-7-9-20(10-8-19)26(3)4/h7-10,12-13,21H,5-6,11,14-16H2,1-4H3.